The molecule has 0 spiro atoms. The monoisotopic (exact) mass is 896 g/mol. The van der Waals surface area contributed by atoms with Gasteiger partial charge in [-0.25, -0.2) is 0 Å². The fourth-order valence-electron chi connectivity index (χ4n) is 6.25. The van der Waals surface area contributed by atoms with Gasteiger partial charge >= 0.3 is 0 Å². The van der Waals surface area contributed by atoms with Crippen molar-refractivity contribution < 1.29 is 49.2 Å². The number of para-hydroxylation sites is 2. The Morgan fingerprint density at radius 2 is 0.836 bits per heavy atom. The lowest BCUT2D eigenvalue weighted by Gasteiger charge is -2.12. The van der Waals surface area contributed by atoms with Crippen LogP contribution in [0.25, 0.3) is 24.3 Å². The molecule has 0 saturated heterocycles. The SMILES string of the molecule is Cc1cc(/C=C/C(=O)C(C(=O)/C=C/c2ccc(O)c(CO)c2)C(=O)Nc2ccccc2)ccc1O.Cc1ccc(/C=C/C(=O)C(C(=O)/C=C/c2ccc(O)cc2)C(=O)Nc2ccccc2)cc1. The maximum atomic E-state index is 13.0. The van der Waals surface area contributed by atoms with Crippen LogP contribution in [0.5, 0.6) is 17.2 Å². The fraction of sp³-hybridized carbons (Fsp3) is 0.0909. The van der Waals surface area contributed by atoms with Gasteiger partial charge in [-0.2, -0.15) is 0 Å². The number of ketones is 4. The predicted molar refractivity (Wildman–Crippen MR) is 259 cm³/mol. The first-order valence-electron chi connectivity index (χ1n) is 20.9. The highest BCUT2D eigenvalue weighted by Gasteiger charge is 2.32. The van der Waals surface area contributed by atoms with Crippen LogP contribution in [0.3, 0.4) is 0 Å². The van der Waals surface area contributed by atoms with Gasteiger partial charge in [-0.3, -0.25) is 28.8 Å². The predicted octanol–water partition coefficient (Wildman–Crippen LogP) is 8.84. The number of allylic oxidation sites excluding steroid dienone is 4. The maximum absolute atomic E-state index is 13.0. The molecule has 0 aliphatic heterocycles. The molecule has 0 radical (unpaired) electrons. The number of carbonyl (C=O) groups is 6. The van der Waals surface area contributed by atoms with E-state index < -0.39 is 46.8 Å². The lowest BCUT2D eigenvalue weighted by molar-refractivity contribution is -0.137. The summed E-state index contributed by atoms with van der Waals surface area (Å²) in [5, 5.41) is 43.3. The summed E-state index contributed by atoms with van der Waals surface area (Å²) in [6.45, 7) is 3.29. The van der Waals surface area contributed by atoms with Crippen LogP contribution in [0.2, 0.25) is 0 Å². The van der Waals surface area contributed by atoms with Crippen LogP contribution in [-0.2, 0) is 35.4 Å². The van der Waals surface area contributed by atoms with Crippen LogP contribution >= 0.6 is 0 Å². The Balaban J connectivity index is 0.000000252. The number of anilines is 2. The van der Waals surface area contributed by atoms with Gasteiger partial charge in [0.05, 0.1) is 6.61 Å². The van der Waals surface area contributed by atoms with Crippen molar-refractivity contribution in [2.45, 2.75) is 20.5 Å². The average molecular weight is 897 g/mol. The lowest BCUT2D eigenvalue weighted by atomic mass is 9.95. The number of hydrogen-bond acceptors (Lipinski definition) is 10. The molecule has 6 aromatic rings. The number of rotatable bonds is 17. The minimum atomic E-state index is -1.63. The second kappa shape index (κ2) is 24.4. The van der Waals surface area contributed by atoms with Crippen molar-refractivity contribution in [1.82, 2.24) is 0 Å². The standard InChI is InChI=1S/C28H25NO6.C27H23NO4/c1-18-15-19(7-11-23(18)31)9-13-25(33)27(28(35)29-22-5-3-2-4-6-22)26(34)14-10-20-8-12-24(32)21(16-20)17-30;1-19-7-9-20(10-8-19)13-17-24(30)26(27(32)28-22-5-3-2-4-6-22)25(31)18-14-21-11-15-23(29)16-12-21/h2-16,27,30-32H,17H2,1H3,(H,29,35);2-18,26,29H,1H3,(H,28,32)/b13-9+,14-10+;17-13+,18-14+. The maximum Gasteiger partial charge on any atom is 0.243 e. The summed E-state index contributed by atoms with van der Waals surface area (Å²) in [6.07, 6.45) is 10.7. The van der Waals surface area contributed by atoms with Crippen LogP contribution in [-0.4, -0.2) is 55.4 Å². The van der Waals surface area contributed by atoms with E-state index in [1.165, 1.54) is 66.8 Å². The largest absolute Gasteiger partial charge is 0.508 e. The molecule has 12 heteroatoms. The molecule has 0 aromatic heterocycles. The topological polar surface area (TPSA) is 207 Å². The Morgan fingerprint density at radius 1 is 0.463 bits per heavy atom. The fourth-order valence-corrected chi connectivity index (χ4v) is 6.25. The van der Waals surface area contributed by atoms with Gasteiger partial charge in [0.2, 0.25) is 11.8 Å². The highest BCUT2D eigenvalue weighted by Crippen LogP contribution is 2.22. The highest BCUT2D eigenvalue weighted by atomic mass is 16.3. The van der Waals surface area contributed by atoms with E-state index >= 15 is 0 Å². The zero-order chi connectivity index (χ0) is 48.3. The molecule has 2 atom stereocenters. The van der Waals surface area contributed by atoms with Crippen molar-refractivity contribution in [3.63, 3.8) is 0 Å². The van der Waals surface area contributed by atoms with Crippen molar-refractivity contribution in [2.24, 2.45) is 11.8 Å². The summed E-state index contributed by atoms with van der Waals surface area (Å²) in [5.74, 6) is -7.17. The molecular formula is C55H48N2O10. The molecule has 0 aliphatic carbocycles. The summed E-state index contributed by atoms with van der Waals surface area (Å²) >= 11 is 0. The molecule has 0 bridgehead atoms. The molecule has 338 valence electrons. The van der Waals surface area contributed by atoms with Crippen LogP contribution in [0.4, 0.5) is 11.4 Å². The summed E-state index contributed by atoms with van der Waals surface area (Å²) in [6, 6.07) is 40.0. The van der Waals surface area contributed by atoms with Crippen LogP contribution in [0.15, 0.2) is 170 Å². The van der Waals surface area contributed by atoms with Gasteiger partial charge in [0.15, 0.2) is 35.0 Å². The van der Waals surface area contributed by atoms with Gasteiger partial charge in [-0.1, -0.05) is 115 Å². The number of nitrogens with one attached hydrogen (secondary N) is 2. The minimum Gasteiger partial charge on any atom is -0.508 e. The van der Waals surface area contributed by atoms with Crippen molar-refractivity contribution in [1.29, 1.82) is 0 Å². The molecule has 67 heavy (non-hydrogen) atoms. The van der Waals surface area contributed by atoms with Gasteiger partial charge in [0, 0.05) is 16.9 Å². The molecule has 0 heterocycles. The Bertz CT molecular complexity index is 2760. The van der Waals surface area contributed by atoms with Crippen molar-refractivity contribution >= 4 is 70.6 Å². The average Bonchev–Trinajstić information content (AvgIpc) is 3.32. The molecule has 0 fully saturated rings. The Kier molecular flexibility index (Phi) is 17.9. The van der Waals surface area contributed by atoms with Crippen LogP contribution in [0.1, 0.15) is 38.9 Å². The number of aryl methyl sites for hydroxylation is 2. The molecule has 0 saturated carbocycles. The molecule has 2 amide bonds. The van der Waals surface area contributed by atoms with E-state index in [1.807, 2.05) is 31.2 Å². The molecule has 12 nitrogen and oxygen atoms in total. The number of carbonyl (C=O) groups excluding carboxylic acids is 6. The van der Waals surface area contributed by atoms with E-state index in [2.05, 4.69) is 10.6 Å². The number of hydrogen-bond donors (Lipinski definition) is 6. The zero-order valence-corrected chi connectivity index (χ0v) is 36.6. The van der Waals surface area contributed by atoms with E-state index in [-0.39, 0.29) is 29.4 Å². The molecule has 2 unspecified atom stereocenters. The summed E-state index contributed by atoms with van der Waals surface area (Å²) < 4.78 is 0. The second-order valence-corrected chi connectivity index (χ2v) is 15.1. The first-order chi connectivity index (χ1) is 32.2. The highest BCUT2D eigenvalue weighted by molar-refractivity contribution is 6.29. The second-order valence-electron chi connectivity index (χ2n) is 15.1. The summed E-state index contributed by atoms with van der Waals surface area (Å²) in [5.41, 5.74) is 5.49. The number of amides is 2. The Morgan fingerprint density at radius 3 is 1.25 bits per heavy atom. The normalized spacial score (nSPS) is 12.0. The third-order valence-corrected chi connectivity index (χ3v) is 9.97. The van der Waals surface area contributed by atoms with E-state index in [4.69, 9.17) is 0 Å². The third-order valence-electron chi connectivity index (χ3n) is 9.97. The molecule has 0 aliphatic rings. The van der Waals surface area contributed by atoms with Crippen LogP contribution in [0, 0.1) is 25.7 Å². The third kappa shape index (κ3) is 15.2. The quantitative estimate of drug-likeness (QED) is 0.0379. The van der Waals surface area contributed by atoms with E-state index in [1.54, 1.807) is 97.9 Å². The van der Waals surface area contributed by atoms with Gasteiger partial charge in [-0.05, 0) is 127 Å². The lowest BCUT2D eigenvalue weighted by Crippen LogP contribution is -2.34. The van der Waals surface area contributed by atoms with Gasteiger partial charge in [0.1, 0.15) is 17.2 Å². The van der Waals surface area contributed by atoms with Gasteiger partial charge in [-0.15, -0.1) is 0 Å². The van der Waals surface area contributed by atoms with E-state index in [0.29, 0.717) is 33.6 Å². The number of aromatic hydroxyl groups is 3. The molecule has 6 N–H and O–H groups in total. The van der Waals surface area contributed by atoms with Crippen LogP contribution < -0.4 is 10.6 Å². The van der Waals surface area contributed by atoms with Gasteiger partial charge < -0.3 is 31.1 Å². The number of aliphatic hydroxyl groups excluding tert-OH is 1. The number of phenolic OH excluding ortho intramolecular Hbond substituents is 2. The first kappa shape index (κ1) is 49.3. The molecular weight excluding hydrogens is 849 g/mol. The Labute approximate surface area is 387 Å². The first-order valence-corrected chi connectivity index (χ1v) is 20.9. The summed E-state index contributed by atoms with van der Waals surface area (Å²) in [4.78, 5) is 77.5. The van der Waals surface area contributed by atoms with E-state index in [0.717, 1.165) is 23.3 Å². The number of benzene rings is 6. The summed E-state index contributed by atoms with van der Waals surface area (Å²) in [7, 11) is 0. The number of aliphatic hydroxyl groups is 1. The van der Waals surface area contributed by atoms with E-state index in [9.17, 15) is 49.2 Å². The molecule has 6 aromatic carbocycles. The van der Waals surface area contributed by atoms with Gasteiger partial charge in [0.25, 0.3) is 0 Å². The van der Waals surface area contributed by atoms with Crippen molar-refractivity contribution in [2.75, 3.05) is 10.6 Å². The smallest absolute Gasteiger partial charge is 0.243 e. The minimum absolute atomic E-state index is 0.0825. The number of phenols is 3. The zero-order valence-electron chi connectivity index (χ0n) is 36.6. The Hall–Kier alpha value is -8.74. The van der Waals surface area contributed by atoms with Crippen molar-refractivity contribution in [3.8, 4) is 17.2 Å². The molecule has 6 rings (SSSR count). The van der Waals surface area contributed by atoms with Crippen molar-refractivity contribution in [3.05, 3.63) is 209 Å².